The van der Waals surface area contributed by atoms with Gasteiger partial charge in [-0.05, 0) is 38.1 Å². The lowest BCUT2D eigenvalue weighted by Gasteiger charge is -2.37. The van der Waals surface area contributed by atoms with Crippen molar-refractivity contribution in [1.82, 2.24) is 0 Å². The second-order valence-electron chi connectivity index (χ2n) is 10.4. The van der Waals surface area contributed by atoms with Crippen LogP contribution in [0.15, 0.2) is 12.7 Å². The molecule has 1 unspecified atom stereocenters. The monoisotopic (exact) mass is 516 g/mol. The van der Waals surface area contributed by atoms with Crippen molar-refractivity contribution < 1.29 is 14.2 Å². The number of hydrogen-bond acceptors (Lipinski definition) is 4. The van der Waals surface area contributed by atoms with E-state index in [2.05, 4.69) is 41.2 Å². The van der Waals surface area contributed by atoms with Crippen LogP contribution in [-0.4, -0.2) is 33.8 Å². The molecule has 0 aromatic rings. The maximum Gasteiger partial charge on any atom is 0.285 e. The molecule has 0 spiro atoms. The van der Waals surface area contributed by atoms with Crippen molar-refractivity contribution in [3.8, 4) is 0 Å². The van der Waals surface area contributed by atoms with Crippen LogP contribution in [0, 0.1) is 11.8 Å². The van der Waals surface area contributed by atoms with Crippen LogP contribution in [0.25, 0.3) is 0 Å². The number of ether oxygens (including phenoxy) is 3. The summed E-state index contributed by atoms with van der Waals surface area (Å²) in [5.74, 6) is 0.115. The molecule has 0 aromatic heterocycles. The van der Waals surface area contributed by atoms with Gasteiger partial charge in [-0.2, -0.15) is 0 Å². The third kappa shape index (κ3) is 26.6. The van der Waals surface area contributed by atoms with Gasteiger partial charge in [0.05, 0.1) is 0 Å². The van der Waals surface area contributed by atoms with Crippen LogP contribution >= 0.6 is 0 Å². The van der Waals surface area contributed by atoms with Gasteiger partial charge in [-0.3, -0.25) is 0 Å². The minimum absolute atomic E-state index is 0.297. The predicted molar refractivity (Wildman–Crippen MR) is 161 cm³/mol. The van der Waals surface area contributed by atoms with E-state index >= 15 is 0 Å². The normalized spacial score (nSPS) is 11.9. The van der Waals surface area contributed by atoms with Gasteiger partial charge in [-0.1, -0.05) is 131 Å². The largest absolute Gasteiger partial charge is 0.331 e. The average molecular weight is 516 g/mol. The first kappa shape index (κ1) is 40.1. The molecule has 0 bridgehead atoms. The van der Waals surface area contributed by atoms with E-state index in [1.807, 2.05) is 6.08 Å². The highest BCUT2D eigenvalue weighted by Gasteiger charge is 2.39. The Kier molecular flexibility index (Phi) is 36.3. The topological polar surface area (TPSA) is 53.7 Å². The molecule has 36 heavy (non-hydrogen) atoms. The van der Waals surface area contributed by atoms with E-state index < -0.39 is 5.97 Å². The first-order valence-corrected chi connectivity index (χ1v) is 15.4. The van der Waals surface area contributed by atoms with Crippen molar-refractivity contribution in [1.29, 1.82) is 0 Å². The first-order valence-electron chi connectivity index (χ1n) is 15.4. The van der Waals surface area contributed by atoms with Crippen molar-refractivity contribution in [2.45, 2.75) is 156 Å². The molecule has 0 saturated carbocycles. The Morgan fingerprint density at radius 2 is 1.03 bits per heavy atom. The highest BCUT2D eigenvalue weighted by molar-refractivity contribution is 4.72. The molecule has 2 N–H and O–H groups in total. The van der Waals surface area contributed by atoms with Crippen LogP contribution in [0.1, 0.15) is 150 Å². The lowest BCUT2D eigenvalue weighted by Crippen LogP contribution is -2.44. The third-order valence-electron chi connectivity index (χ3n) is 6.70. The Morgan fingerprint density at radius 3 is 1.36 bits per heavy atom. The second-order valence-corrected chi connectivity index (χ2v) is 10.4. The molecule has 0 amide bonds. The third-order valence-corrected chi connectivity index (χ3v) is 6.70. The zero-order chi connectivity index (χ0) is 27.9. The Morgan fingerprint density at radius 1 is 0.639 bits per heavy atom. The zero-order valence-electron chi connectivity index (χ0n) is 26.2. The van der Waals surface area contributed by atoms with Gasteiger partial charge in [0.2, 0.25) is 0 Å². The van der Waals surface area contributed by atoms with Gasteiger partial charge in [0.15, 0.2) is 0 Å². The van der Waals surface area contributed by atoms with Gasteiger partial charge in [0.1, 0.15) is 0 Å². The lowest BCUT2D eigenvalue weighted by atomic mass is 9.90. The van der Waals surface area contributed by atoms with Crippen LogP contribution in [0.3, 0.4) is 0 Å². The molecular weight excluding hydrogens is 446 g/mol. The van der Waals surface area contributed by atoms with Crippen LogP contribution in [0.4, 0.5) is 0 Å². The summed E-state index contributed by atoms with van der Waals surface area (Å²) in [6.07, 6.45) is 25.2. The van der Waals surface area contributed by atoms with Crippen molar-refractivity contribution in [3.05, 3.63) is 12.7 Å². The van der Waals surface area contributed by atoms with Gasteiger partial charge in [0.25, 0.3) is 5.97 Å². The predicted octanol–water partition coefficient (Wildman–Crippen LogP) is 10.1. The summed E-state index contributed by atoms with van der Waals surface area (Å²) in [6, 6.07) is 0. The van der Waals surface area contributed by atoms with Gasteiger partial charge < -0.3 is 19.9 Å². The van der Waals surface area contributed by atoms with Gasteiger partial charge >= 0.3 is 0 Å². The van der Waals surface area contributed by atoms with Crippen LogP contribution < -0.4 is 5.73 Å². The van der Waals surface area contributed by atoms with Gasteiger partial charge in [-0.25, -0.2) is 0 Å². The molecule has 0 radical (unpaired) electrons. The SMILES string of the molecule is C=CCC.CCCCCCCCC(CCC(C)C)C(OC)(OC)OC.CCCCCCCCCCN. The van der Waals surface area contributed by atoms with E-state index in [0.29, 0.717) is 11.8 Å². The van der Waals surface area contributed by atoms with E-state index in [4.69, 9.17) is 19.9 Å². The summed E-state index contributed by atoms with van der Waals surface area (Å²) < 4.78 is 16.7. The molecule has 0 aliphatic heterocycles. The molecular formula is C32H69NO3. The van der Waals surface area contributed by atoms with E-state index in [-0.39, 0.29) is 0 Å². The molecule has 0 heterocycles. The molecule has 0 aromatic carbocycles. The summed E-state index contributed by atoms with van der Waals surface area (Å²) in [7, 11) is 5.03. The van der Waals surface area contributed by atoms with Crippen molar-refractivity contribution >= 4 is 0 Å². The summed E-state index contributed by atoms with van der Waals surface area (Å²) >= 11 is 0. The minimum Gasteiger partial charge on any atom is -0.331 e. The molecule has 0 aliphatic rings. The van der Waals surface area contributed by atoms with Gasteiger partial charge in [0, 0.05) is 27.2 Å². The molecule has 0 fully saturated rings. The summed E-state index contributed by atoms with van der Waals surface area (Å²) in [5, 5.41) is 0. The number of allylic oxidation sites excluding steroid dienone is 1. The fourth-order valence-corrected chi connectivity index (χ4v) is 4.23. The maximum atomic E-state index is 5.58. The van der Waals surface area contributed by atoms with E-state index in [1.165, 1.54) is 96.3 Å². The summed E-state index contributed by atoms with van der Waals surface area (Å²) in [4.78, 5) is 0. The van der Waals surface area contributed by atoms with Crippen LogP contribution in [0.2, 0.25) is 0 Å². The molecule has 0 rings (SSSR count). The highest BCUT2D eigenvalue weighted by Crippen LogP contribution is 2.33. The standard InChI is InChI=1S/C18H38O3.C10H23N.C4H8/c1-7-8-9-10-11-12-13-17(15-14-16(2)3)18(19-4,20-5)21-6;1-2-3-4-5-6-7-8-9-10-11;1-3-4-2/h16-17H,7-15H2,1-6H3;2-11H2,1H3;3H,1,4H2,2H3. The Bertz CT molecular complexity index is 381. The number of nitrogens with two attached hydrogens (primary N) is 1. The molecule has 4 nitrogen and oxygen atoms in total. The molecule has 220 valence electrons. The van der Waals surface area contributed by atoms with Crippen molar-refractivity contribution in [2.24, 2.45) is 17.6 Å². The Balaban J connectivity index is -0.000000603. The Hall–Kier alpha value is -0.420. The number of hydrogen-bond donors (Lipinski definition) is 1. The van der Waals surface area contributed by atoms with E-state index in [9.17, 15) is 0 Å². The molecule has 0 aliphatic carbocycles. The number of rotatable bonds is 23. The fraction of sp³-hybridized carbons (Fsp3) is 0.938. The zero-order valence-corrected chi connectivity index (χ0v) is 26.2. The molecule has 4 heteroatoms. The number of methoxy groups -OCH3 is 3. The summed E-state index contributed by atoms with van der Waals surface area (Å²) in [5.41, 5.74) is 5.39. The summed E-state index contributed by atoms with van der Waals surface area (Å²) in [6.45, 7) is 15.4. The molecule has 0 saturated heterocycles. The Labute approximate surface area is 228 Å². The maximum absolute atomic E-state index is 5.58. The quantitative estimate of drug-likeness (QED) is 0.0835. The van der Waals surface area contributed by atoms with E-state index in [1.54, 1.807) is 21.3 Å². The van der Waals surface area contributed by atoms with Crippen molar-refractivity contribution in [2.75, 3.05) is 27.9 Å². The average Bonchev–Trinajstić information content (AvgIpc) is 2.89. The van der Waals surface area contributed by atoms with Gasteiger partial charge in [-0.15, -0.1) is 6.58 Å². The van der Waals surface area contributed by atoms with E-state index in [0.717, 1.165) is 25.8 Å². The highest BCUT2D eigenvalue weighted by atomic mass is 16.9. The van der Waals surface area contributed by atoms with Crippen molar-refractivity contribution in [3.63, 3.8) is 0 Å². The fourth-order valence-electron chi connectivity index (χ4n) is 4.23. The smallest absolute Gasteiger partial charge is 0.285 e. The molecule has 1 atom stereocenters. The second kappa shape index (κ2) is 32.6. The minimum atomic E-state index is -0.877. The first-order chi connectivity index (χ1) is 17.4. The van der Waals surface area contributed by atoms with Crippen LogP contribution in [0.5, 0.6) is 0 Å². The van der Waals surface area contributed by atoms with Crippen LogP contribution in [-0.2, 0) is 14.2 Å². The number of unbranched alkanes of at least 4 members (excludes halogenated alkanes) is 12. The lowest BCUT2D eigenvalue weighted by molar-refractivity contribution is -0.380.